The summed E-state index contributed by atoms with van der Waals surface area (Å²) in [4.78, 5) is 3.81. The Labute approximate surface area is 127 Å². The van der Waals surface area contributed by atoms with Crippen molar-refractivity contribution in [1.29, 1.82) is 0 Å². The summed E-state index contributed by atoms with van der Waals surface area (Å²) in [6.07, 6.45) is -0.272. The molecule has 1 aliphatic rings. The molecule has 1 unspecified atom stereocenters. The molecule has 0 aromatic heterocycles. The maximum absolute atomic E-state index is 8.58. The number of benzene rings is 2. The highest BCUT2D eigenvalue weighted by molar-refractivity contribution is 5.84. The van der Waals surface area contributed by atoms with Gasteiger partial charge in [0.15, 0.2) is 0 Å². The first-order valence-electron chi connectivity index (χ1n) is 8.89. The quantitative estimate of drug-likeness (QED) is 0.780. The van der Waals surface area contributed by atoms with Crippen molar-refractivity contribution >= 4 is 17.1 Å². The largest absolute Gasteiger partial charge is 0.347 e. The molecule has 0 amide bonds. The number of nitrogens with zero attached hydrogens (tertiary/aromatic N) is 2. The Morgan fingerprint density at radius 3 is 2.30 bits per heavy atom. The van der Waals surface area contributed by atoms with Gasteiger partial charge < -0.3 is 9.80 Å². The second-order valence-corrected chi connectivity index (χ2v) is 5.23. The molecule has 2 aromatic carbocycles. The van der Waals surface area contributed by atoms with Crippen LogP contribution in [0.2, 0.25) is 0 Å². The van der Waals surface area contributed by atoms with Gasteiger partial charge in [-0.3, -0.25) is 0 Å². The van der Waals surface area contributed by atoms with Gasteiger partial charge in [-0.15, -0.1) is 0 Å². The van der Waals surface area contributed by atoms with Crippen LogP contribution >= 0.6 is 0 Å². The molecule has 0 saturated carbocycles. The van der Waals surface area contributed by atoms with E-state index in [1.165, 1.54) is 6.92 Å². The summed E-state index contributed by atoms with van der Waals surface area (Å²) in [5.74, 6) is 0. The third kappa shape index (κ3) is 1.87. The Hall–Kier alpha value is -1.96. The maximum Gasteiger partial charge on any atom is 0.104 e. The first kappa shape index (κ1) is 9.06. The minimum Gasteiger partial charge on any atom is -0.347 e. The Balaban J connectivity index is 2.18. The van der Waals surface area contributed by atoms with E-state index in [0.29, 0.717) is 0 Å². The topological polar surface area (TPSA) is 6.48 Å². The minimum atomic E-state index is -2.42. The van der Waals surface area contributed by atoms with Gasteiger partial charge in [0.1, 0.15) is 6.17 Å². The highest BCUT2D eigenvalue weighted by Gasteiger charge is 2.35. The van der Waals surface area contributed by atoms with Crippen LogP contribution in [0.1, 0.15) is 31.7 Å². The number of hydrogen-bond acceptors (Lipinski definition) is 2. The van der Waals surface area contributed by atoms with Gasteiger partial charge in [-0.25, -0.2) is 0 Å². The molecule has 2 aromatic rings. The summed E-state index contributed by atoms with van der Waals surface area (Å²) in [5.41, 5.74) is 3.85. The lowest BCUT2D eigenvalue weighted by Gasteiger charge is -2.33. The van der Waals surface area contributed by atoms with Crippen LogP contribution in [0, 0.1) is 6.92 Å². The van der Waals surface area contributed by atoms with Crippen molar-refractivity contribution in [3.05, 3.63) is 54.1 Å². The maximum atomic E-state index is 8.58. The lowest BCUT2D eigenvalue weighted by molar-refractivity contribution is 0.606. The summed E-state index contributed by atoms with van der Waals surface area (Å²) in [5, 5.41) is 0. The number of aryl methyl sites for hydroxylation is 1. The van der Waals surface area contributed by atoms with Gasteiger partial charge in [-0.05, 0) is 51.4 Å². The highest BCUT2D eigenvalue weighted by Crippen LogP contribution is 2.45. The third-order valence-electron chi connectivity index (χ3n) is 3.88. The van der Waals surface area contributed by atoms with Crippen LogP contribution in [0.5, 0.6) is 0 Å². The zero-order valence-corrected chi connectivity index (χ0v) is 12.1. The molecule has 0 N–H and O–H groups in total. The number of rotatable bonds is 2. The van der Waals surface area contributed by atoms with Crippen LogP contribution in [0.15, 0.2) is 48.5 Å². The summed E-state index contributed by atoms with van der Waals surface area (Å²) < 4.78 is 32.1. The van der Waals surface area contributed by atoms with Crippen molar-refractivity contribution in [3.8, 4) is 0 Å². The SMILES string of the molecule is [2H]C([2H])([2H])C([2H])(C)N1c2ccccc2N(c2ccccc2C)[C@@H]1C. The number of fused-ring (bicyclic) bond motifs is 1. The second-order valence-electron chi connectivity index (χ2n) is 5.23. The van der Waals surface area contributed by atoms with Crippen molar-refractivity contribution in [2.45, 2.75) is 39.8 Å². The van der Waals surface area contributed by atoms with Crippen molar-refractivity contribution in [2.75, 3.05) is 9.80 Å². The van der Waals surface area contributed by atoms with Gasteiger partial charge in [0, 0.05) is 15.8 Å². The normalized spacial score (nSPS) is 24.2. The van der Waals surface area contributed by atoms with E-state index in [-0.39, 0.29) is 6.17 Å². The van der Waals surface area contributed by atoms with Crippen LogP contribution in [-0.2, 0) is 0 Å². The highest BCUT2D eigenvalue weighted by atomic mass is 15.4. The first-order valence-corrected chi connectivity index (χ1v) is 6.89. The molecule has 3 rings (SSSR count). The lowest BCUT2D eigenvalue weighted by Crippen LogP contribution is -2.42. The van der Waals surface area contributed by atoms with Crippen molar-refractivity contribution in [1.82, 2.24) is 0 Å². The molecule has 2 heteroatoms. The Morgan fingerprint density at radius 2 is 1.65 bits per heavy atom. The van der Waals surface area contributed by atoms with E-state index in [1.54, 1.807) is 4.90 Å². The predicted molar refractivity (Wildman–Crippen MR) is 86.8 cm³/mol. The van der Waals surface area contributed by atoms with E-state index in [0.717, 1.165) is 22.6 Å². The second kappa shape index (κ2) is 4.86. The minimum absolute atomic E-state index is 0.272. The van der Waals surface area contributed by atoms with E-state index in [4.69, 9.17) is 5.48 Å². The van der Waals surface area contributed by atoms with E-state index in [2.05, 4.69) is 4.90 Å². The Bertz CT molecular complexity index is 755. The fourth-order valence-corrected chi connectivity index (χ4v) is 3.02. The summed E-state index contributed by atoms with van der Waals surface area (Å²) in [6, 6.07) is 14.0. The molecule has 2 nitrogen and oxygen atoms in total. The van der Waals surface area contributed by atoms with Crippen LogP contribution in [-0.4, -0.2) is 12.2 Å². The number of anilines is 3. The van der Waals surface area contributed by atoms with E-state index < -0.39 is 12.9 Å². The zero-order chi connectivity index (χ0) is 17.7. The molecular weight excluding hydrogens is 244 g/mol. The molecule has 0 aliphatic carbocycles. The standard InChI is InChI=1S/C18H22N2/c1-13(2)19-15(4)20(16-10-6-5-9-14(16)3)18-12-8-7-11-17(18)19/h5-13,15H,1-4H3/t15-/m1/s1/i1D3,13D/t13?,15-. The smallest absolute Gasteiger partial charge is 0.104 e. The molecule has 0 bridgehead atoms. The molecule has 2 atom stereocenters. The van der Waals surface area contributed by atoms with Crippen LogP contribution in [0.3, 0.4) is 0 Å². The molecule has 0 fully saturated rings. The van der Waals surface area contributed by atoms with E-state index >= 15 is 0 Å². The average molecular weight is 270 g/mol. The van der Waals surface area contributed by atoms with E-state index in [9.17, 15) is 0 Å². The summed E-state index contributed by atoms with van der Waals surface area (Å²) >= 11 is 0. The van der Waals surface area contributed by atoms with E-state index in [1.807, 2.05) is 62.4 Å². The van der Waals surface area contributed by atoms with Gasteiger partial charge >= 0.3 is 0 Å². The molecule has 20 heavy (non-hydrogen) atoms. The third-order valence-corrected chi connectivity index (χ3v) is 3.88. The Morgan fingerprint density at radius 1 is 1.05 bits per heavy atom. The Kier molecular flexibility index (Phi) is 2.20. The van der Waals surface area contributed by atoms with Crippen LogP contribution in [0.25, 0.3) is 0 Å². The summed E-state index contributed by atoms with van der Waals surface area (Å²) in [7, 11) is 0. The number of hydrogen-bond donors (Lipinski definition) is 0. The fraction of sp³-hybridized carbons (Fsp3) is 0.333. The molecule has 0 radical (unpaired) electrons. The lowest BCUT2D eigenvalue weighted by atomic mass is 10.1. The zero-order valence-electron chi connectivity index (χ0n) is 16.1. The molecular formula is C18H22N2. The first-order chi connectivity index (χ1) is 11.2. The fourth-order valence-electron chi connectivity index (χ4n) is 3.02. The average Bonchev–Trinajstić information content (AvgIpc) is 2.79. The van der Waals surface area contributed by atoms with Crippen molar-refractivity contribution in [2.24, 2.45) is 0 Å². The van der Waals surface area contributed by atoms with Crippen molar-refractivity contribution < 1.29 is 5.48 Å². The van der Waals surface area contributed by atoms with Gasteiger partial charge in [0.05, 0.1) is 12.7 Å². The van der Waals surface area contributed by atoms with Gasteiger partial charge in [-0.1, -0.05) is 30.3 Å². The van der Waals surface area contributed by atoms with Crippen molar-refractivity contribution in [3.63, 3.8) is 0 Å². The molecule has 1 aliphatic heterocycles. The summed E-state index contributed by atoms with van der Waals surface area (Å²) in [6.45, 7) is 3.03. The molecule has 0 spiro atoms. The van der Waals surface area contributed by atoms with Gasteiger partial charge in [0.25, 0.3) is 0 Å². The molecule has 0 saturated heterocycles. The van der Waals surface area contributed by atoms with Crippen LogP contribution < -0.4 is 9.80 Å². The van der Waals surface area contributed by atoms with Gasteiger partial charge in [-0.2, -0.15) is 0 Å². The monoisotopic (exact) mass is 270 g/mol. The predicted octanol–water partition coefficient (Wildman–Crippen LogP) is 4.71. The molecule has 104 valence electrons. The molecule has 1 heterocycles. The van der Waals surface area contributed by atoms with Crippen LogP contribution in [0.4, 0.5) is 17.1 Å². The number of para-hydroxylation sites is 3. The van der Waals surface area contributed by atoms with Gasteiger partial charge in [0.2, 0.25) is 0 Å².